The highest BCUT2D eigenvalue weighted by atomic mass is 35.5. The molecule has 0 radical (unpaired) electrons. The molecule has 0 saturated carbocycles. The molecule has 2 heterocycles. The normalized spacial score (nSPS) is 16.6. The Bertz CT molecular complexity index is 436. The van der Waals surface area contributed by atoms with E-state index in [0.29, 0.717) is 19.7 Å². The molecule has 0 spiro atoms. The minimum Gasteiger partial charge on any atom is -0.394 e. The van der Waals surface area contributed by atoms with Crippen LogP contribution in [0.5, 0.6) is 0 Å². The molecule has 6 nitrogen and oxygen atoms in total. The van der Waals surface area contributed by atoms with Crippen LogP contribution in [0.3, 0.4) is 0 Å². The first-order chi connectivity index (χ1) is 9.20. The van der Waals surface area contributed by atoms with Gasteiger partial charge in [-0.3, -0.25) is 9.78 Å². The number of aliphatic hydroxyl groups excluding tert-OH is 1. The van der Waals surface area contributed by atoms with Gasteiger partial charge in [-0.2, -0.15) is 0 Å². The lowest BCUT2D eigenvalue weighted by Gasteiger charge is -2.31. The Morgan fingerprint density at radius 2 is 2.21 bits per heavy atom. The van der Waals surface area contributed by atoms with Gasteiger partial charge in [-0.15, -0.1) is 0 Å². The van der Waals surface area contributed by atoms with Gasteiger partial charge in [0.05, 0.1) is 31.7 Å². The van der Waals surface area contributed by atoms with E-state index in [4.69, 9.17) is 21.4 Å². The zero-order valence-corrected chi connectivity index (χ0v) is 11.2. The molecule has 1 saturated heterocycles. The lowest BCUT2D eigenvalue weighted by atomic mass is 10.1. The first-order valence-corrected chi connectivity index (χ1v) is 6.58. The zero-order chi connectivity index (χ0) is 13.7. The lowest BCUT2D eigenvalue weighted by Crippen LogP contribution is -2.41. The Morgan fingerprint density at radius 3 is 2.84 bits per heavy atom. The molecule has 1 N–H and O–H groups in total. The summed E-state index contributed by atoms with van der Waals surface area (Å²) >= 11 is 5.72. The molecule has 0 atom stereocenters. The second-order valence-corrected chi connectivity index (χ2v) is 4.70. The van der Waals surface area contributed by atoms with E-state index in [1.165, 1.54) is 12.4 Å². The van der Waals surface area contributed by atoms with Gasteiger partial charge < -0.3 is 14.7 Å². The third-order valence-corrected chi connectivity index (χ3v) is 3.18. The number of rotatable bonds is 4. The fraction of sp³-hybridized carbons (Fsp3) is 0.583. The maximum absolute atomic E-state index is 12.2. The van der Waals surface area contributed by atoms with Crippen molar-refractivity contribution in [3.8, 4) is 0 Å². The third kappa shape index (κ3) is 3.86. The fourth-order valence-corrected chi connectivity index (χ4v) is 2.20. The standard InChI is InChI=1S/C12H16ClN3O3/c13-11-8-14-7-10(15-11)12(18)16-3-1-9(2-4-16)19-6-5-17/h7-9,17H,1-6H2. The van der Waals surface area contributed by atoms with Crippen molar-refractivity contribution in [1.82, 2.24) is 14.9 Å². The van der Waals surface area contributed by atoms with Crippen LogP contribution in [-0.4, -0.2) is 58.3 Å². The number of nitrogens with zero attached hydrogens (tertiary/aromatic N) is 3. The summed E-state index contributed by atoms with van der Waals surface area (Å²) in [6, 6.07) is 0. The van der Waals surface area contributed by atoms with E-state index in [0.717, 1.165) is 12.8 Å². The first-order valence-electron chi connectivity index (χ1n) is 6.20. The minimum atomic E-state index is -0.157. The van der Waals surface area contributed by atoms with Gasteiger partial charge in [0.15, 0.2) is 0 Å². The maximum Gasteiger partial charge on any atom is 0.274 e. The van der Waals surface area contributed by atoms with Crippen LogP contribution in [-0.2, 0) is 4.74 Å². The van der Waals surface area contributed by atoms with Gasteiger partial charge in [0, 0.05) is 13.1 Å². The van der Waals surface area contributed by atoms with E-state index in [1.807, 2.05) is 0 Å². The molecule has 1 aliphatic heterocycles. The predicted octanol–water partition coefficient (Wildman–Crippen LogP) is 0.743. The van der Waals surface area contributed by atoms with Gasteiger partial charge in [-0.25, -0.2) is 4.98 Å². The Balaban J connectivity index is 1.89. The summed E-state index contributed by atoms with van der Waals surface area (Å²) in [4.78, 5) is 21.7. The van der Waals surface area contributed by atoms with E-state index in [1.54, 1.807) is 4.90 Å². The summed E-state index contributed by atoms with van der Waals surface area (Å²) in [5, 5.41) is 8.91. The Kier molecular flexibility index (Phi) is 5.07. The summed E-state index contributed by atoms with van der Waals surface area (Å²) < 4.78 is 5.45. The number of amides is 1. The predicted molar refractivity (Wildman–Crippen MR) is 69.0 cm³/mol. The molecular formula is C12H16ClN3O3. The number of aromatic nitrogens is 2. The molecule has 0 unspecified atom stereocenters. The first kappa shape index (κ1) is 14.2. The average Bonchev–Trinajstić information content (AvgIpc) is 2.45. The van der Waals surface area contributed by atoms with Crippen molar-refractivity contribution in [2.45, 2.75) is 18.9 Å². The van der Waals surface area contributed by atoms with Gasteiger partial charge in [0.25, 0.3) is 5.91 Å². The molecule has 1 amide bonds. The highest BCUT2D eigenvalue weighted by molar-refractivity contribution is 6.29. The van der Waals surface area contributed by atoms with E-state index < -0.39 is 0 Å². The van der Waals surface area contributed by atoms with Crippen LogP contribution < -0.4 is 0 Å². The second kappa shape index (κ2) is 6.79. The monoisotopic (exact) mass is 285 g/mol. The number of aliphatic hydroxyl groups is 1. The van der Waals surface area contributed by atoms with Crippen LogP contribution in [0.4, 0.5) is 0 Å². The summed E-state index contributed by atoms with van der Waals surface area (Å²) in [6.07, 6.45) is 4.46. The summed E-state index contributed by atoms with van der Waals surface area (Å²) in [5.74, 6) is -0.157. The minimum absolute atomic E-state index is 0.0250. The Labute approximate surface area is 116 Å². The summed E-state index contributed by atoms with van der Waals surface area (Å²) in [7, 11) is 0. The van der Waals surface area contributed by atoms with Crippen LogP contribution in [0, 0.1) is 0 Å². The molecule has 19 heavy (non-hydrogen) atoms. The van der Waals surface area contributed by atoms with Crippen molar-refractivity contribution in [2.75, 3.05) is 26.3 Å². The number of halogens is 1. The van der Waals surface area contributed by atoms with Crippen molar-refractivity contribution in [1.29, 1.82) is 0 Å². The third-order valence-electron chi connectivity index (χ3n) is 3.00. The van der Waals surface area contributed by atoms with E-state index in [2.05, 4.69) is 9.97 Å². The number of likely N-dealkylation sites (tertiary alicyclic amines) is 1. The molecule has 0 aromatic carbocycles. The number of carbonyl (C=O) groups is 1. The molecule has 0 bridgehead atoms. The Hall–Kier alpha value is -1.24. The summed E-state index contributed by atoms with van der Waals surface area (Å²) in [6.45, 7) is 1.60. The molecule has 104 valence electrons. The van der Waals surface area contributed by atoms with Gasteiger partial charge in [0.1, 0.15) is 10.8 Å². The van der Waals surface area contributed by atoms with Gasteiger partial charge in [0.2, 0.25) is 0 Å². The van der Waals surface area contributed by atoms with Crippen molar-refractivity contribution in [3.63, 3.8) is 0 Å². The van der Waals surface area contributed by atoms with Crippen molar-refractivity contribution in [2.24, 2.45) is 0 Å². The van der Waals surface area contributed by atoms with Crippen LogP contribution in [0.1, 0.15) is 23.3 Å². The van der Waals surface area contributed by atoms with Crippen molar-refractivity contribution < 1.29 is 14.6 Å². The average molecular weight is 286 g/mol. The van der Waals surface area contributed by atoms with E-state index in [-0.39, 0.29) is 29.5 Å². The van der Waals surface area contributed by atoms with Crippen LogP contribution >= 0.6 is 11.6 Å². The van der Waals surface area contributed by atoms with Crippen LogP contribution in [0.2, 0.25) is 5.15 Å². The number of carbonyl (C=O) groups excluding carboxylic acids is 1. The smallest absolute Gasteiger partial charge is 0.274 e. The zero-order valence-electron chi connectivity index (χ0n) is 10.5. The van der Waals surface area contributed by atoms with Crippen molar-refractivity contribution in [3.05, 3.63) is 23.2 Å². The highest BCUT2D eigenvalue weighted by Crippen LogP contribution is 2.16. The largest absolute Gasteiger partial charge is 0.394 e. The quantitative estimate of drug-likeness (QED) is 0.883. The second-order valence-electron chi connectivity index (χ2n) is 4.31. The number of hydrogen-bond acceptors (Lipinski definition) is 5. The van der Waals surface area contributed by atoms with E-state index >= 15 is 0 Å². The van der Waals surface area contributed by atoms with Gasteiger partial charge >= 0.3 is 0 Å². The number of ether oxygens (including phenoxy) is 1. The number of hydrogen-bond donors (Lipinski definition) is 1. The Morgan fingerprint density at radius 1 is 1.47 bits per heavy atom. The fourth-order valence-electron chi connectivity index (χ4n) is 2.05. The van der Waals surface area contributed by atoms with Gasteiger partial charge in [-0.05, 0) is 12.8 Å². The molecule has 7 heteroatoms. The van der Waals surface area contributed by atoms with Crippen LogP contribution in [0.15, 0.2) is 12.4 Å². The molecule has 0 aliphatic carbocycles. The van der Waals surface area contributed by atoms with Crippen molar-refractivity contribution >= 4 is 17.5 Å². The maximum atomic E-state index is 12.2. The molecule has 1 fully saturated rings. The lowest BCUT2D eigenvalue weighted by molar-refractivity contribution is -0.00565. The highest BCUT2D eigenvalue weighted by Gasteiger charge is 2.24. The topological polar surface area (TPSA) is 75.6 Å². The SMILES string of the molecule is O=C(c1cncc(Cl)n1)N1CCC(OCCO)CC1. The molecule has 1 aromatic rings. The molecule has 2 rings (SSSR count). The number of piperidine rings is 1. The summed E-state index contributed by atoms with van der Waals surface area (Å²) in [5.41, 5.74) is 0.266. The molecular weight excluding hydrogens is 270 g/mol. The molecule has 1 aromatic heterocycles. The molecule has 1 aliphatic rings. The van der Waals surface area contributed by atoms with E-state index in [9.17, 15) is 4.79 Å². The van der Waals surface area contributed by atoms with Gasteiger partial charge in [-0.1, -0.05) is 11.6 Å². The van der Waals surface area contributed by atoms with Crippen LogP contribution in [0.25, 0.3) is 0 Å².